The van der Waals surface area contributed by atoms with Crippen molar-refractivity contribution in [3.05, 3.63) is 168 Å². The number of aromatic nitrogens is 1. The Morgan fingerprint density at radius 1 is 0.816 bits per heavy atom. The van der Waals surface area contributed by atoms with Crippen LogP contribution in [0.25, 0.3) is 38.6 Å². The molecule has 4 aromatic carbocycles. The maximum atomic E-state index is 3.70. The van der Waals surface area contributed by atoms with Crippen LogP contribution in [-0.2, 0) is 0 Å². The molecule has 1 aromatic heterocycles. The summed E-state index contributed by atoms with van der Waals surface area (Å²) < 4.78 is 2.38. The first kappa shape index (κ1) is 29.8. The van der Waals surface area contributed by atoms with Crippen molar-refractivity contribution in [1.29, 1.82) is 0 Å². The van der Waals surface area contributed by atoms with Crippen LogP contribution >= 0.6 is 0 Å². The van der Waals surface area contributed by atoms with Gasteiger partial charge in [-0.3, -0.25) is 0 Å². The van der Waals surface area contributed by atoms with Crippen molar-refractivity contribution in [2.45, 2.75) is 46.1 Å². The summed E-state index contributed by atoms with van der Waals surface area (Å²) in [6.07, 6.45) is 18.6. The van der Waals surface area contributed by atoms with Gasteiger partial charge in [0, 0.05) is 34.1 Å². The molecule has 0 saturated heterocycles. The second kappa shape index (κ2) is 11.1. The third-order valence-electron chi connectivity index (χ3n) is 11.3. The molecule has 2 heterocycles. The molecule has 242 valence electrons. The predicted molar refractivity (Wildman–Crippen MR) is 207 cm³/mol. The molecule has 1 N–H and O–H groups in total. The zero-order valence-corrected chi connectivity index (χ0v) is 28.9. The molecule has 0 fully saturated rings. The summed E-state index contributed by atoms with van der Waals surface area (Å²) >= 11 is 0. The van der Waals surface area contributed by atoms with Crippen molar-refractivity contribution < 1.29 is 0 Å². The third-order valence-corrected chi connectivity index (χ3v) is 11.3. The lowest BCUT2D eigenvalue weighted by atomic mass is 9.74. The molecule has 2 atom stereocenters. The first-order valence-corrected chi connectivity index (χ1v) is 17.8. The molecular weight excluding hydrogens is 595 g/mol. The van der Waals surface area contributed by atoms with Gasteiger partial charge >= 0.3 is 0 Å². The Balaban J connectivity index is 1.10. The van der Waals surface area contributed by atoms with E-state index in [1.165, 1.54) is 61.0 Å². The second-order valence-electron chi connectivity index (χ2n) is 15.0. The average molecular weight is 638 g/mol. The molecule has 3 aliphatic carbocycles. The summed E-state index contributed by atoms with van der Waals surface area (Å²) in [5, 5.41) is 6.25. The number of nitrogens with zero attached hydrogens (tertiary/aromatic N) is 2. The zero-order valence-electron chi connectivity index (χ0n) is 28.9. The first-order chi connectivity index (χ1) is 23.8. The third kappa shape index (κ3) is 4.70. The Morgan fingerprint density at radius 2 is 1.57 bits per heavy atom. The van der Waals surface area contributed by atoms with Gasteiger partial charge in [-0.15, -0.1) is 0 Å². The van der Waals surface area contributed by atoms with Crippen LogP contribution in [0.1, 0.15) is 40.5 Å². The van der Waals surface area contributed by atoms with E-state index >= 15 is 0 Å². The molecule has 1 aliphatic heterocycles. The van der Waals surface area contributed by atoms with Crippen LogP contribution in [0.15, 0.2) is 168 Å². The lowest BCUT2D eigenvalue weighted by Crippen LogP contribution is -2.49. The largest absolute Gasteiger partial charge is 0.368 e. The van der Waals surface area contributed by atoms with Crippen molar-refractivity contribution >= 4 is 27.5 Å². The molecule has 3 heteroatoms. The Morgan fingerprint density at radius 3 is 2.37 bits per heavy atom. The van der Waals surface area contributed by atoms with Crippen LogP contribution in [0.2, 0.25) is 0 Å². The van der Waals surface area contributed by atoms with Crippen molar-refractivity contribution in [3.8, 4) is 16.8 Å². The Kier molecular flexibility index (Phi) is 6.78. The van der Waals surface area contributed by atoms with Crippen molar-refractivity contribution in [2.75, 3.05) is 11.4 Å². The van der Waals surface area contributed by atoms with Crippen molar-refractivity contribution in [3.63, 3.8) is 0 Å². The highest BCUT2D eigenvalue weighted by molar-refractivity contribution is 6.10. The Bertz CT molecular complexity index is 2320. The monoisotopic (exact) mass is 637 g/mol. The SMILES string of the molecule is CC1C=CC2=C(C1)C1=CCC(C)(N(C3=CC=CCN3)c3ccc(-c4ccc5c(c4)c4ccccc4n5-c4ccccc4)cc3)C=C1C2(C)C. The highest BCUT2D eigenvalue weighted by Gasteiger charge is 2.45. The van der Waals surface area contributed by atoms with Crippen LogP contribution in [0, 0.1) is 11.3 Å². The number of anilines is 1. The van der Waals surface area contributed by atoms with E-state index in [4.69, 9.17) is 0 Å². The summed E-state index contributed by atoms with van der Waals surface area (Å²) in [7, 11) is 0. The van der Waals surface area contributed by atoms with Gasteiger partial charge in [0.2, 0.25) is 0 Å². The van der Waals surface area contributed by atoms with Crippen LogP contribution in [0.4, 0.5) is 5.69 Å². The number of hydrogen-bond donors (Lipinski definition) is 1. The maximum Gasteiger partial charge on any atom is 0.107 e. The quantitative estimate of drug-likeness (QED) is 0.207. The number of benzene rings is 4. The van der Waals surface area contributed by atoms with Crippen molar-refractivity contribution in [1.82, 2.24) is 9.88 Å². The van der Waals surface area contributed by atoms with E-state index in [0.717, 1.165) is 25.2 Å². The number of nitrogens with one attached hydrogen (secondary N) is 1. The predicted octanol–water partition coefficient (Wildman–Crippen LogP) is 11.2. The molecule has 49 heavy (non-hydrogen) atoms. The van der Waals surface area contributed by atoms with E-state index in [-0.39, 0.29) is 11.0 Å². The van der Waals surface area contributed by atoms with E-state index in [0.29, 0.717) is 5.92 Å². The molecule has 0 amide bonds. The smallest absolute Gasteiger partial charge is 0.107 e. The number of dihydropyridines is 1. The second-order valence-corrected chi connectivity index (χ2v) is 15.0. The van der Waals surface area contributed by atoms with Gasteiger partial charge in [0.05, 0.1) is 16.6 Å². The van der Waals surface area contributed by atoms with Crippen LogP contribution < -0.4 is 10.2 Å². The fourth-order valence-corrected chi connectivity index (χ4v) is 8.79. The number of rotatable bonds is 5. The van der Waals surface area contributed by atoms with Gasteiger partial charge < -0.3 is 14.8 Å². The average Bonchev–Trinajstić information content (AvgIpc) is 3.56. The molecule has 9 rings (SSSR count). The van der Waals surface area contributed by atoms with E-state index in [2.05, 4.69) is 182 Å². The molecule has 0 radical (unpaired) electrons. The molecular formula is C46H43N3. The highest BCUT2D eigenvalue weighted by Crippen LogP contribution is 2.56. The minimum atomic E-state index is -0.232. The Labute approximate surface area is 290 Å². The number of para-hydroxylation sites is 2. The summed E-state index contributed by atoms with van der Waals surface area (Å²) in [6.45, 7) is 10.4. The molecule has 0 bridgehead atoms. The molecule has 0 saturated carbocycles. The van der Waals surface area contributed by atoms with Gasteiger partial charge in [0.1, 0.15) is 5.82 Å². The summed E-state index contributed by atoms with van der Waals surface area (Å²) in [5.41, 5.74) is 13.1. The van der Waals surface area contributed by atoms with E-state index in [1.54, 1.807) is 5.57 Å². The van der Waals surface area contributed by atoms with Gasteiger partial charge in [-0.25, -0.2) is 0 Å². The number of fused-ring (bicyclic) bond motifs is 5. The lowest BCUT2D eigenvalue weighted by Gasteiger charge is -2.45. The van der Waals surface area contributed by atoms with Gasteiger partial charge in [-0.05, 0) is 108 Å². The van der Waals surface area contributed by atoms with E-state index < -0.39 is 0 Å². The first-order valence-electron chi connectivity index (χ1n) is 17.8. The van der Waals surface area contributed by atoms with E-state index in [1.807, 2.05) is 0 Å². The van der Waals surface area contributed by atoms with Gasteiger partial charge in [0.15, 0.2) is 0 Å². The normalized spacial score (nSPS) is 22.4. The molecule has 4 aliphatic rings. The van der Waals surface area contributed by atoms with Gasteiger partial charge in [-0.2, -0.15) is 0 Å². The molecule has 5 aromatic rings. The molecule has 0 spiro atoms. The topological polar surface area (TPSA) is 20.2 Å². The van der Waals surface area contributed by atoms with Crippen LogP contribution in [-0.4, -0.2) is 16.7 Å². The number of allylic oxidation sites excluding steroid dienone is 8. The highest BCUT2D eigenvalue weighted by atomic mass is 15.3. The fourth-order valence-electron chi connectivity index (χ4n) is 8.79. The zero-order chi connectivity index (χ0) is 33.3. The minimum absolute atomic E-state index is 0.00836. The summed E-state index contributed by atoms with van der Waals surface area (Å²) in [6, 6.07) is 35.6. The minimum Gasteiger partial charge on any atom is -0.368 e. The standard InChI is InChI=1S/C46H43N3/c1-31-17-23-40-38(28-31)36-25-26-46(4,30-41(36)45(40,2)3)49(44-16-10-11-27-47-44)35-21-18-32(19-22-35)33-20-24-43-39(29-33)37-14-8-9-15-42(37)48(43)34-12-6-5-7-13-34/h5-25,29-31,47H,26-28H2,1-4H3. The molecule has 2 unspecified atom stereocenters. The van der Waals surface area contributed by atoms with Gasteiger partial charge in [-0.1, -0.05) is 112 Å². The number of hydrogen-bond acceptors (Lipinski definition) is 2. The fraction of sp³-hybridized carbons (Fsp3) is 0.217. The Hall–Kier alpha value is -5.28. The van der Waals surface area contributed by atoms with E-state index in [9.17, 15) is 0 Å². The molecule has 3 nitrogen and oxygen atoms in total. The lowest BCUT2D eigenvalue weighted by molar-refractivity contribution is 0.501. The van der Waals surface area contributed by atoms with Crippen molar-refractivity contribution in [2.24, 2.45) is 11.3 Å². The summed E-state index contributed by atoms with van der Waals surface area (Å²) in [5.74, 6) is 1.73. The van der Waals surface area contributed by atoms with Crippen LogP contribution in [0.5, 0.6) is 0 Å². The maximum absolute atomic E-state index is 3.70. The van der Waals surface area contributed by atoms with Gasteiger partial charge in [0.25, 0.3) is 0 Å². The van der Waals surface area contributed by atoms with Crippen LogP contribution in [0.3, 0.4) is 0 Å². The summed E-state index contributed by atoms with van der Waals surface area (Å²) in [4.78, 5) is 2.53.